The summed E-state index contributed by atoms with van der Waals surface area (Å²) in [6, 6.07) is 8.33. The van der Waals surface area contributed by atoms with E-state index in [1.54, 1.807) is 0 Å². The van der Waals surface area contributed by atoms with E-state index in [-0.39, 0.29) is 0 Å². The third-order valence-electron chi connectivity index (χ3n) is 4.91. The Morgan fingerprint density at radius 1 is 1.04 bits per heavy atom. The highest BCUT2D eigenvalue weighted by Gasteiger charge is 2.33. The lowest BCUT2D eigenvalue weighted by Gasteiger charge is -2.35. The van der Waals surface area contributed by atoms with Crippen LogP contribution in [0.4, 0.5) is 0 Å². The molecule has 0 heterocycles. The third-order valence-corrected chi connectivity index (χ3v) is 4.91. The Labute approximate surface area is 153 Å². The molecule has 1 rings (SSSR count). The lowest BCUT2D eigenvalue weighted by Crippen LogP contribution is -2.25. The quantitative estimate of drug-likeness (QED) is 0.375. The molecule has 25 heavy (non-hydrogen) atoms. The summed E-state index contributed by atoms with van der Waals surface area (Å²) in [5.41, 5.74) is 13.2. The van der Waals surface area contributed by atoms with E-state index < -0.39 is 5.41 Å². The number of hydrogen-bond acceptors (Lipinski definition) is 2. The van der Waals surface area contributed by atoms with Crippen LogP contribution in [0, 0.1) is 12.3 Å². The van der Waals surface area contributed by atoms with Crippen molar-refractivity contribution in [1.82, 2.24) is 0 Å². The molecule has 0 bridgehead atoms. The molecule has 1 aromatic carbocycles. The van der Waals surface area contributed by atoms with Crippen molar-refractivity contribution in [2.24, 2.45) is 16.1 Å². The summed E-state index contributed by atoms with van der Waals surface area (Å²) in [6.45, 7) is 24.6. The Balaban J connectivity index is 3.39. The second kappa shape index (κ2) is 8.15. The van der Waals surface area contributed by atoms with Crippen LogP contribution >= 0.6 is 0 Å². The highest BCUT2D eigenvalue weighted by molar-refractivity contribution is 5.85. The molecule has 0 aliphatic heterocycles. The molecule has 2 heteroatoms. The summed E-state index contributed by atoms with van der Waals surface area (Å²) in [7, 11) is 0. The molecule has 0 fully saturated rings. The molecule has 0 unspecified atom stereocenters. The Kier molecular flexibility index (Phi) is 6.75. The van der Waals surface area contributed by atoms with E-state index in [0.717, 1.165) is 34.4 Å². The molecule has 134 valence electrons. The van der Waals surface area contributed by atoms with Gasteiger partial charge >= 0.3 is 0 Å². The van der Waals surface area contributed by atoms with E-state index in [2.05, 4.69) is 45.7 Å². The average Bonchev–Trinajstić information content (AvgIpc) is 2.48. The van der Waals surface area contributed by atoms with Gasteiger partial charge in [-0.15, -0.1) is 0 Å². The normalized spacial score (nSPS) is 13.3. The number of benzene rings is 1. The van der Waals surface area contributed by atoms with E-state index in [4.69, 9.17) is 10.7 Å². The van der Waals surface area contributed by atoms with Crippen molar-refractivity contribution in [1.29, 1.82) is 0 Å². The SMILES string of the molecule is C=C(C)/C(=C(N)\N=C(/C)Cc1ccccc1C)C(C)(C(=C)C)C(=C)C. The van der Waals surface area contributed by atoms with Gasteiger partial charge in [0.05, 0.1) is 0 Å². The molecule has 1 aromatic rings. The van der Waals surface area contributed by atoms with Crippen molar-refractivity contribution in [3.05, 3.63) is 83.2 Å². The van der Waals surface area contributed by atoms with E-state index in [0.29, 0.717) is 5.82 Å². The zero-order valence-electron chi connectivity index (χ0n) is 16.7. The molecule has 0 aliphatic carbocycles. The summed E-state index contributed by atoms with van der Waals surface area (Å²) in [5.74, 6) is 0.493. The monoisotopic (exact) mass is 336 g/mol. The fourth-order valence-electron chi connectivity index (χ4n) is 3.08. The van der Waals surface area contributed by atoms with Crippen LogP contribution in [-0.2, 0) is 6.42 Å². The smallest absolute Gasteiger partial charge is 0.127 e. The number of aliphatic imine (C=N–C) groups is 1. The maximum atomic E-state index is 6.42. The van der Waals surface area contributed by atoms with Crippen molar-refractivity contribution >= 4 is 5.71 Å². The molecule has 0 spiro atoms. The second-order valence-corrected chi connectivity index (χ2v) is 7.18. The van der Waals surface area contributed by atoms with Crippen molar-refractivity contribution in [3.8, 4) is 0 Å². The molecule has 0 saturated heterocycles. The van der Waals surface area contributed by atoms with Crippen molar-refractivity contribution in [2.45, 2.75) is 48.0 Å². The molecule has 0 radical (unpaired) electrons. The van der Waals surface area contributed by atoms with Gasteiger partial charge in [-0.1, -0.05) is 60.7 Å². The summed E-state index contributed by atoms with van der Waals surface area (Å²) in [5, 5.41) is 0. The van der Waals surface area contributed by atoms with Crippen LogP contribution in [-0.4, -0.2) is 5.71 Å². The minimum absolute atomic E-state index is 0.442. The zero-order valence-corrected chi connectivity index (χ0v) is 16.7. The first-order valence-electron chi connectivity index (χ1n) is 8.58. The molecular formula is C23H32N2. The van der Waals surface area contributed by atoms with Gasteiger partial charge < -0.3 is 5.73 Å². The van der Waals surface area contributed by atoms with E-state index >= 15 is 0 Å². The van der Waals surface area contributed by atoms with Crippen molar-refractivity contribution in [3.63, 3.8) is 0 Å². The van der Waals surface area contributed by atoms with Crippen LogP contribution in [0.1, 0.15) is 45.7 Å². The van der Waals surface area contributed by atoms with E-state index in [1.807, 2.05) is 39.8 Å². The van der Waals surface area contributed by atoms with Crippen LogP contribution in [0.15, 0.2) is 77.1 Å². The van der Waals surface area contributed by atoms with Gasteiger partial charge in [0.15, 0.2) is 0 Å². The maximum absolute atomic E-state index is 6.42. The molecule has 0 atom stereocenters. The second-order valence-electron chi connectivity index (χ2n) is 7.18. The summed E-state index contributed by atoms with van der Waals surface area (Å²) in [4.78, 5) is 4.70. The number of nitrogens with two attached hydrogens (primary N) is 1. The first-order valence-corrected chi connectivity index (χ1v) is 8.58. The van der Waals surface area contributed by atoms with E-state index in [1.165, 1.54) is 11.1 Å². The van der Waals surface area contributed by atoms with Gasteiger partial charge in [-0.2, -0.15) is 0 Å². The number of hydrogen-bond donors (Lipinski definition) is 1. The lowest BCUT2D eigenvalue weighted by atomic mass is 9.69. The van der Waals surface area contributed by atoms with Gasteiger partial charge in [0.1, 0.15) is 5.82 Å². The first kappa shape index (κ1) is 20.7. The van der Waals surface area contributed by atoms with Crippen molar-refractivity contribution < 1.29 is 0 Å². The van der Waals surface area contributed by atoms with Gasteiger partial charge in [-0.3, -0.25) is 0 Å². The van der Waals surface area contributed by atoms with Gasteiger partial charge in [0.25, 0.3) is 0 Å². The minimum atomic E-state index is -0.442. The van der Waals surface area contributed by atoms with Gasteiger partial charge in [0.2, 0.25) is 0 Å². The highest BCUT2D eigenvalue weighted by Crippen LogP contribution is 2.44. The van der Waals surface area contributed by atoms with Crippen LogP contribution in [0.2, 0.25) is 0 Å². The molecule has 0 aromatic heterocycles. The lowest BCUT2D eigenvalue weighted by molar-refractivity contribution is 0.575. The standard InChI is InChI=1S/C23H32N2/c1-15(2)21(23(9,16(3)4)17(5)6)22(24)25-19(8)14-20-13-11-10-12-18(20)7/h10-13H,1,3,5,14,24H2,2,4,6-9H3/b22-21+,25-19+. The fraction of sp³-hybridized carbons (Fsp3) is 0.348. The molecule has 2 N–H and O–H groups in total. The third kappa shape index (κ3) is 4.60. The number of nitrogens with zero attached hydrogens (tertiary/aromatic N) is 1. The Morgan fingerprint density at radius 3 is 2.00 bits per heavy atom. The predicted octanol–water partition coefficient (Wildman–Crippen LogP) is 5.90. The van der Waals surface area contributed by atoms with Crippen LogP contribution in [0.3, 0.4) is 0 Å². The molecular weight excluding hydrogens is 304 g/mol. The van der Waals surface area contributed by atoms with Crippen molar-refractivity contribution in [2.75, 3.05) is 0 Å². The topological polar surface area (TPSA) is 38.4 Å². The molecule has 0 amide bonds. The largest absolute Gasteiger partial charge is 0.383 e. The number of allylic oxidation sites excluding steroid dienone is 4. The average molecular weight is 337 g/mol. The van der Waals surface area contributed by atoms with Gasteiger partial charge in [0, 0.05) is 23.1 Å². The summed E-state index contributed by atoms with van der Waals surface area (Å²) < 4.78 is 0. The molecule has 0 aliphatic rings. The predicted molar refractivity (Wildman–Crippen MR) is 112 cm³/mol. The fourth-order valence-corrected chi connectivity index (χ4v) is 3.08. The van der Waals surface area contributed by atoms with Gasteiger partial charge in [-0.05, 0) is 52.7 Å². The zero-order chi connectivity index (χ0) is 19.4. The molecule has 0 saturated carbocycles. The molecule has 2 nitrogen and oxygen atoms in total. The Morgan fingerprint density at radius 2 is 1.56 bits per heavy atom. The van der Waals surface area contributed by atoms with E-state index in [9.17, 15) is 0 Å². The van der Waals surface area contributed by atoms with Gasteiger partial charge in [-0.25, -0.2) is 4.99 Å². The summed E-state index contributed by atoms with van der Waals surface area (Å²) >= 11 is 0. The summed E-state index contributed by atoms with van der Waals surface area (Å²) in [6.07, 6.45) is 0.772. The minimum Gasteiger partial charge on any atom is -0.383 e. The maximum Gasteiger partial charge on any atom is 0.127 e. The number of aryl methyl sites for hydroxylation is 1. The van der Waals surface area contributed by atoms with Crippen LogP contribution < -0.4 is 5.73 Å². The number of rotatable bonds is 7. The Hall–Kier alpha value is -2.35. The Bertz CT molecular complexity index is 746. The highest BCUT2D eigenvalue weighted by atomic mass is 14.9. The van der Waals surface area contributed by atoms with Crippen LogP contribution in [0.5, 0.6) is 0 Å². The first-order chi connectivity index (χ1) is 11.5. The van der Waals surface area contributed by atoms with Crippen LogP contribution in [0.25, 0.3) is 0 Å².